The average Bonchev–Trinajstić information content (AvgIpc) is 3.06. The second kappa shape index (κ2) is 6.07. The van der Waals surface area contributed by atoms with Gasteiger partial charge >= 0.3 is 0 Å². The van der Waals surface area contributed by atoms with Crippen LogP contribution in [0.3, 0.4) is 0 Å². The number of halogens is 1. The molecule has 0 spiro atoms. The van der Waals surface area contributed by atoms with E-state index in [1.807, 2.05) is 36.4 Å². The molecule has 0 aliphatic carbocycles. The molecule has 0 amide bonds. The van der Waals surface area contributed by atoms with Crippen molar-refractivity contribution in [3.63, 3.8) is 0 Å². The highest BCUT2D eigenvalue weighted by Gasteiger charge is 2.14. The lowest BCUT2D eigenvalue weighted by Gasteiger charge is -2.10. The van der Waals surface area contributed by atoms with Crippen LogP contribution in [-0.4, -0.2) is 14.4 Å². The maximum absolute atomic E-state index is 4.84. The molecule has 2 heterocycles. The highest BCUT2D eigenvalue weighted by atomic mass is 79.9. The van der Waals surface area contributed by atoms with Crippen molar-refractivity contribution in [1.29, 1.82) is 0 Å². The molecule has 5 aromatic rings. The first-order valence-corrected chi connectivity index (χ1v) is 9.18. The van der Waals surface area contributed by atoms with Crippen LogP contribution in [0, 0.1) is 0 Å². The maximum atomic E-state index is 4.84. The van der Waals surface area contributed by atoms with Crippen molar-refractivity contribution >= 4 is 32.7 Å². The van der Waals surface area contributed by atoms with Gasteiger partial charge in [-0.1, -0.05) is 76.6 Å². The predicted octanol–water partition coefficient (Wildman–Crippen LogP) is 5.98. The Morgan fingerprint density at radius 2 is 1.38 bits per heavy atom. The van der Waals surface area contributed by atoms with Gasteiger partial charge in [0.05, 0.1) is 22.4 Å². The minimum atomic E-state index is 0.707. The zero-order valence-corrected chi connectivity index (χ0v) is 15.4. The van der Waals surface area contributed by atoms with Crippen molar-refractivity contribution in [1.82, 2.24) is 14.4 Å². The number of rotatable bonds is 2. The molecular weight excluding hydrogens is 386 g/mol. The molecule has 0 aliphatic rings. The summed E-state index contributed by atoms with van der Waals surface area (Å²) in [5.74, 6) is 0.707. The van der Waals surface area contributed by atoms with E-state index in [-0.39, 0.29) is 0 Å². The van der Waals surface area contributed by atoms with E-state index >= 15 is 0 Å². The lowest BCUT2D eigenvalue weighted by Crippen LogP contribution is -1.97. The van der Waals surface area contributed by atoms with Crippen molar-refractivity contribution < 1.29 is 0 Å². The molecule has 2 aromatic heterocycles. The van der Waals surface area contributed by atoms with Crippen LogP contribution in [0.25, 0.3) is 39.3 Å². The number of hydrogen-bond donors (Lipinski definition) is 0. The summed E-state index contributed by atoms with van der Waals surface area (Å²) < 4.78 is 3.14. The number of benzene rings is 3. The Labute approximate surface area is 159 Å². The van der Waals surface area contributed by atoms with Gasteiger partial charge in [0.2, 0.25) is 5.78 Å². The van der Waals surface area contributed by atoms with E-state index in [9.17, 15) is 0 Å². The Hall–Kier alpha value is -2.98. The molecule has 5 rings (SSSR count). The Morgan fingerprint density at radius 3 is 2.12 bits per heavy atom. The Bertz CT molecular complexity index is 1230. The topological polar surface area (TPSA) is 30.2 Å². The molecule has 0 atom stereocenters. The van der Waals surface area contributed by atoms with Crippen LogP contribution in [0.2, 0.25) is 0 Å². The molecule has 4 heteroatoms. The minimum absolute atomic E-state index is 0.707. The van der Waals surface area contributed by atoms with Gasteiger partial charge in [-0.25, -0.2) is 9.97 Å². The van der Waals surface area contributed by atoms with Gasteiger partial charge in [0.25, 0.3) is 0 Å². The van der Waals surface area contributed by atoms with Crippen molar-refractivity contribution in [2.75, 3.05) is 0 Å². The molecule has 3 aromatic carbocycles. The fraction of sp³-hybridized carbons (Fsp3) is 0. The molecule has 0 saturated heterocycles. The lowest BCUT2D eigenvalue weighted by atomic mass is 10.1. The zero-order valence-electron chi connectivity index (χ0n) is 13.8. The molecule has 0 bridgehead atoms. The quantitative estimate of drug-likeness (QED) is 0.365. The van der Waals surface area contributed by atoms with Gasteiger partial charge in [-0.3, -0.25) is 4.40 Å². The fourth-order valence-corrected chi connectivity index (χ4v) is 3.61. The van der Waals surface area contributed by atoms with E-state index in [0.29, 0.717) is 5.78 Å². The fourth-order valence-electron chi connectivity index (χ4n) is 3.27. The number of hydrogen-bond acceptors (Lipinski definition) is 2. The first-order valence-electron chi connectivity index (χ1n) is 8.39. The predicted molar refractivity (Wildman–Crippen MR) is 109 cm³/mol. The summed E-state index contributed by atoms with van der Waals surface area (Å²) in [5, 5.41) is 0. The SMILES string of the molecule is Brc1ccc2c(c1)nc1nc(-c3ccccc3)cc(-c3ccccc3)n12. The molecule has 3 nitrogen and oxygen atoms in total. The third-order valence-corrected chi connectivity index (χ3v) is 4.97. The number of imidazole rings is 1. The van der Waals surface area contributed by atoms with E-state index < -0.39 is 0 Å². The summed E-state index contributed by atoms with van der Waals surface area (Å²) in [4.78, 5) is 9.61. The minimum Gasteiger partial charge on any atom is -0.276 e. The van der Waals surface area contributed by atoms with Crippen LogP contribution in [0.4, 0.5) is 0 Å². The monoisotopic (exact) mass is 399 g/mol. The number of nitrogens with zero attached hydrogens (tertiary/aromatic N) is 3. The van der Waals surface area contributed by atoms with Gasteiger partial charge in [0, 0.05) is 10.0 Å². The van der Waals surface area contributed by atoms with Gasteiger partial charge in [-0.2, -0.15) is 0 Å². The normalized spacial score (nSPS) is 11.3. The molecule has 26 heavy (non-hydrogen) atoms. The van der Waals surface area contributed by atoms with Crippen LogP contribution in [0.1, 0.15) is 0 Å². The largest absolute Gasteiger partial charge is 0.276 e. The van der Waals surface area contributed by atoms with Crippen molar-refractivity contribution in [3.05, 3.63) is 89.4 Å². The van der Waals surface area contributed by atoms with Crippen LogP contribution < -0.4 is 0 Å². The molecule has 0 saturated carbocycles. The first-order chi connectivity index (χ1) is 12.8. The second-order valence-corrected chi connectivity index (χ2v) is 7.05. The molecule has 0 aliphatic heterocycles. The third kappa shape index (κ3) is 2.50. The first kappa shape index (κ1) is 15.3. The molecule has 0 N–H and O–H groups in total. The summed E-state index contributed by atoms with van der Waals surface area (Å²) in [5.41, 5.74) is 6.20. The molecular formula is C22H14BrN3. The van der Waals surface area contributed by atoms with Crippen molar-refractivity contribution in [3.8, 4) is 22.5 Å². The van der Waals surface area contributed by atoms with E-state index in [4.69, 9.17) is 9.97 Å². The van der Waals surface area contributed by atoms with E-state index in [1.165, 1.54) is 0 Å². The smallest absolute Gasteiger partial charge is 0.235 e. The van der Waals surface area contributed by atoms with Gasteiger partial charge in [-0.05, 0) is 29.8 Å². The molecule has 0 unspecified atom stereocenters. The highest BCUT2D eigenvalue weighted by Crippen LogP contribution is 2.30. The van der Waals surface area contributed by atoms with E-state index in [2.05, 4.69) is 68.9 Å². The highest BCUT2D eigenvalue weighted by molar-refractivity contribution is 9.10. The van der Waals surface area contributed by atoms with Crippen LogP contribution >= 0.6 is 15.9 Å². The summed E-state index contributed by atoms with van der Waals surface area (Å²) >= 11 is 3.53. The standard InChI is InChI=1S/C22H14BrN3/c23-17-11-12-20-19(13-17)25-22-24-18(15-7-3-1-4-8-15)14-21(26(20)22)16-9-5-2-6-10-16/h1-14H. The van der Waals surface area contributed by atoms with Crippen LogP contribution in [0.5, 0.6) is 0 Å². The maximum Gasteiger partial charge on any atom is 0.235 e. The van der Waals surface area contributed by atoms with Crippen LogP contribution in [0.15, 0.2) is 89.4 Å². The zero-order chi connectivity index (χ0) is 17.5. The van der Waals surface area contributed by atoms with E-state index in [0.717, 1.165) is 38.0 Å². The molecule has 0 fully saturated rings. The average molecular weight is 400 g/mol. The lowest BCUT2D eigenvalue weighted by molar-refractivity contribution is 1.14. The van der Waals surface area contributed by atoms with Gasteiger partial charge in [-0.15, -0.1) is 0 Å². The third-order valence-electron chi connectivity index (χ3n) is 4.47. The van der Waals surface area contributed by atoms with Gasteiger partial charge < -0.3 is 0 Å². The summed E-state index contributed by atoms with van der Waals surface area (Å²) in [6.45, 7) is 0. The summed E-state index contributed by atoms with van der Waals surface area (Å²) in [6, 6.07) is 28.9. The molecule has 0 radical (unpaired) electrons. The van der Waals surface area contributed by atoms with Gasteiger partial charge in [0.1, 0.15) is 0 Å². The summed E-state index contributed by atoms with van der Waals surface area (Å²) in [6.07, 6.45) is 0. The Balaban J connectivity index is 1.90. The van der Waals surface area contributed by atoms with Crippen molar-refractivity contribution in [2.45, 2.75) is 0 Å². The van der Waals surface area contributed by atoms with Crippen LogP contribution in [-0.2, 0) is 0 Å². The number of aromatic nitrogens is 3. The van der Waals surface area contributed by atoms with Gasteiger partial charge in [0.15, 0.2) is 0 Å². The second-order valence-electron chi connectivity index (χ2n) is 6.14. The number of fused-ring (bicyclic) bond motifs is 3. The summed E-state index contributed by atoms with van der Waals surface area (Å²) in [7, 11) is 0. The van der Waals surface area contributed by atoms with Crippen molar-refractivity contribution in [2.24, 2.45) is 0 Å². The Kier molecular flexibility index (Phi) is 3.57. The van der Waals surface area contributed by atoms with E-state index in [1.54, 1.807) is 0 Å². The molecule has 124 valence electrons. The Morgan fingerprint density at radius 1 is 0.692 bits per heavy atom.